The van der Waals surface area contributed by atoms with E-state index in [4.69, 9.17) is 18.9 Å². The number of hydrogen-bond acceptors (Lipinski definition) is 6. The van der Waals surface area contributed by atoms with E-state index in [9.17, 15) is 4.79 Å². The van der Waals surface area contributed by atoms with Crippen LogP contribution in [0.1, 0.15) is 31.9 Å². The van der Waals surface area contributed by atoms with Crippen molar-refractivity contribution in [2.45, 2.75) is 26.2 Å². The lowest BCUT2D eigenvalue weighted by Gasteiger charge is -2.19. The van der Waals surface area contributed by atoms with Crippen molar-refractivity contribution in [3.05, 3.63) is 47.5 Å². The van der Waals surface area contributed by atoms with E-state index >= 15 is 0 Å². The van der Waals surface area contributed by atoms with Crippen LogP contribution in [0.5, 0.6) is 23.0 Å². The minimum atomic E-state index is -0.374. The minimum absolute atomic E-state index is 0.0653. The van der Waals surface area contributed by atoms with Gasteiger partial charge in [0.15, 0.2) is 18.1 Å². The van der Waals surface area contributed by atoms with Crippen LogP contribution in [0.4, 0.5) is 0 Å². The molecule has 0 saturated heterocycles. The average Bonchev–Trinajstić information content (AvgIpc) is 2.71. The molecule has 29 heavy (non-hydrogen) atoms. The molecular weight excluding hydrogens is 372 g/mol. The Balaban J connectivity index is 1.94. The second-order valence-electron chi connectivity index (χ2n) is 7.31. The molecule has 0 unspecified atom stereocenters. The van der Waals surface area contributed by atoms with E-state index in [-0.39, 0.29) is 17.9 Å². The molecule has 0 saturated carbocycles. The number of ether oxygens (including phenoxy) is 4. The van der Waals surface area contributed by atoms with Crippen LogP contribution in [0.15, 0.2) is 41.5 Å². The lowest BCUT2D eigenvalue weighted by molar-refractivity contribution is -0.123. The van der Waals surface area contributed by atoms with Crippen molar-refractivity contribution in [1.29, 1.82) is 0 Å². The summed E-state index contributed by atoms with van der Waals surface area (Å²) in [4.78, 5) is 12.0. The van der Waals surface area contributed by atoms with Crippen LogP contribution in [-0.2, 0) is 10.2 Å². The summed E-state index contributed by atoms with van der Waals surface area (Å²) in [6, 6.07) is 11.1. The van der Waals surface area contributed by atoms with Crippen LogP contribution in [0.2, 0.25) is 0 Å². The molecule has 2 aromatic carbocycles. The van der Waals surface area contributed by atoms with Gasteiger partial charge in [0.05, 0.1) is 27.5 Å². The fourth-order valence-electron chi connectivity index (χ4n) is 2.56. The summed E-state index contributed by atoms with van der Waals surface area (Å²) in [5, 5.41) is 3.96. The topological polar surface area (TPSA) is 78.4 Å². The van der Waals surface area contributed by atoms with E-state index < -0.39 is 0 Å². The Morgan fingerprint density at radius 3 is 2.10 bits per heavy atom. The molecule has 0 bridgehead atoms. The highest BCUT2D eigenvalue weighted by Crippen LogP contribution is 2.33. The number of methoxy groups -OCH3 is 3. The predicted octanol–water partition coefficient (Wildman–Crippen LogP) is 3.54. The van der Waals surface area contributed by atoms with E-state index in [1.165, 1.54) is 18.9 Å². The summed E-state index contributed by atoms with van der Waals surface area (Å²) in [6.45, 7) is 6.28. The molecule has 0 fully saturated rings. The number of benzene rings is 2. The van der Waals surface area contributed by atoms with Gasteiger partial charge in [0.1, 0.15) is 11.5 Å². The van der Waals surface area contributed by atoms with Crippen molar-refractivity contribution in [3.63, 3.8) is 0 Å². The summed E-state index contributed by atoms with van der Waals surface area (Å²) in [5.41, 5.74) is 4.32. The highest BCUT2D eigenvalue weighted by Gasteiger charge is 2.13. The van der Waals surface area contributed by atoms with E-state index in [2.05, 4.69) is 31.3 Å². The lowest BCUT2D eigenvalue weighted by atomic mass is 9.87. The van der Waals surface area contributed by atoms with Gasteiger partial charge in [-0.15, -0.1) is 0 Å². The molecular formula is C22H28N2O5. The van der Waals surface area contributed by atoms with Crippen LogP contribution < -0.4 is 24.4 Å². The van der Waals surface area contributed by atoms with E-state index in [0.29, 0.717) is 28.6 Å². The van der Waals surface area contributed by atoms with Crippen molar-refractivity contribution >= 4 is 12.1 Å². The van der Waals surface area contributed by atoms with Crippen LogP contribution >= 0.6 is 0 Å². The molecule has 156 valence electrons. The van der Waals surface area contributed by atoms with E-state index in [0.717, 1.165) is 0 Å². The molecule has 0 aliphatic heterocycles. The van der Waals surface area contributed by atoms with Gasteiger partial charge in [-0.25, -0.2) is 5.43 Å². The fraction of sp³-hybridized carbons (Fsp3) is 0.364. The van der Waals surface area contributed by atoms with E-state index in [1.54, 1.807) is 26.4 Å². The number of hydrazone groups is 1. The molecule has 0 aliphatic carbocycles. The number of amides is 1. The molecule has 0 aliphatic rings. The van der Waals surface area contributed by atoms with E-state index in [1.807, 2.05) is 24.3 Å². The average molecular weight is 400 g/mol. The van der Waals surface area contributed by atoms with Gasteiger partial charge >= 0.3 is 0 Å². The Hall–Kier alpha value is -3.22. The zero-order valence-corrected chi connectivity index (χ0v) is 17.7. The number of carbonyl (C=O) groups is 1. The summed E-state index contributed by atoms with van der Waals surface area (Å²) in [7, 11) is 4.62. The van der Waals surface area contributed by atoms with Crippen LogP contribution in [0.3, 0.4) is 0 Å². The largest absolute Gasteiger partial charge is 0.496 e. The molecule has 1 amide bonds. The van der Waals surface area contributed by atoms with Crippen molar-refractivity contribution in [2.24, 2.45) is 5.10 Å². The molecule has 7 heteroatoms. The zero-order chi connectivity index (χ0) is 21.4. The van der Waals surface area contributed by atoms with Gasteiger partial charge in [-0.3, -0.25) is 4.79 Å². The predicted molar refractivity (Wildman–Crippen MR) is 112 cm³/mol. The molecule has 2 aromatic rings. The van der Waals surface area contributed by atoms with Gasteiger partial charge in [-0.1, -0.05) is 32.9 Å². The number of nitrogens with one attached hydrogen (secondary N) is 1. The normalized spacial score (nSPS) is 11.2. The van der Waals surface area contributed by atoms with Crippen LogP contribution in [0, 0.1) is 0 Å². The minimum Gasteiger partial charge on any atom is -0.496 e. The summed E-state index contributed by atoms with van der Waals surface area (Å²) in [6.07, 6.45) is 1.47. The first kappa shape index (κ1) is 22.1. The molecule has 7 nitrogen and oxygen atoms in total. The molecule has 0 heterocycles. The zero-order valence-electron chi connectivity index (χ0n) is 17.7. The van der Waals surface area contributed by atoms with Crippen molar-refractivity contribution < 1.29 is 23.7 Å². The second-order valence-corrected chi connectivity index (χ2v) is 7.31. The van der Waals surface area contributed by atoms with Gasteiger partial charge in [0.2, 0.25) is 0 Å². The molecule has 0 aromatic heterocycles. The fourth-order valence-corrected chi connectivity index (χ4v) is 2.56. The number of hydrogen-bond donors (Lipinski definition) is 1. The quantitative estimate of drug-likeness (QED) is 0.542. The maximum absolute atomic E-state index is 12.0. The smallest absolute Gasteiger partial charge is 0.277 e. The Morgan fingerprint density at radius 2 is 1.55 bits per heavy atom. The Morgan fingerprint density at radius 1 is 0.966 bits per heavy atom. The van der Waals surface area contributed by atoms with Gasteiger partial charge in [-0.2, -0.15) is 5.10 Å². The third-order valence-corrected chi connectivity index (χ3v) is 4.22. The highest BCUT2D eigenvalue weighted by molar-refractivity contribution is 5.86. The van der Waals surface area contributed by atoms with Gasteiger partial charge in [0.25, 0.3) is 5.91 Å². The first-order valence-electron chi connectivity index (χ1n) is 9.13. The molecule has 0 radical (unpaired) electrons. The number of nitrogens with zero attached hydrogens (tertiary/aromatic N) is 1. The van der Waals surface area contributed by atoms with Gasteiger partial charge in [-0.05, 0) is 29.2 Å². The van der Waals surface area contributed by atoms with Crippen molar-refractivity contribution in [2.75, 3.05) is 27.9 Å². The Bertz CT molecular complexity index is 855. The standard InChI is InChI=1S/C22H28N2O5/c1-22(2,3)16-7-9-17(10-8-16)29-14-21(25)24-23-13-15-11-19(27-5)20(28-6)12-18(15)26-4/h7-13H,14H2,1-6H3,(H,24,25). The maximum atomic E-state index is 12.0. The molecule has 0 spiro atoms. The number of carbonyl (C=O) groups excluding carboxylic acids is 1. The third-order valence-electron chi connectivity index (χ3n) is 4.22. The summed E-state index contributed by atoms with van der Waals surface area (Å²) in [5.74, 6) is 1.86. The molecule has 1 N–H and O–H groups in total. The lowest BCUT2D eigenvalue weighted by Crippen LogP contribution is -2.24. The molecule has 0 atom stereocenters. The first-order valence-corrected chi connectivity index (χ1v) is 9.13. The van der Waals surface area contributed by atoms with Gasteiger partial charge < -0.3 is 18.9 Å². The monoisotopic (exact) mass is 400 g/mol. The van der Waals surface area contributed by atoms with Gasteiger partial charge in [0, 0.05) is 11.6 Å². The third kappa shape index (κ3) is 6.14. The van der Waals surface area contributed by atoms with Crippen LogP contribution in [0.25, 0.3) is 0 Å². The van der Waals surface area contributed by atoms with Crippen molar-refractivity contribution in [1.82, 2.24) is 5.43 Å². The second kappa shape index (κ2) is 9.82. The SMILES string of the molecule is COc1cc(OC)c(OC)cc1C=NNC(=O)COc1ccc(C(C)(C)C)cc1. The summed E-state index contributed by atoms with van der Waals surface area (Å²) >= 11 is 0. The molecule has 2 rings (SSSR count). The maximum Gasteiger partial charge on any atom is 0.277 e. The Labute approximate surface area is 171 Å². The Kier molecular flexibility index (Phi) is 7.47. The van der Waals surface area contributed by atoms with Crippen molar-refractivity contribution in [3.8, 4) is 23.0 Å². The van der Waals surface area contributed by atoms with Crippen LogP contribution in [-0.4, -0.2) is 40.1 Å². The highest BCUT2D eigenvalue weighted by atomic mass is 16.5. The number of rotatable bonds is 8. The summed E-state index contributed by atoms with van der Waals surface area (Å²) < 4.78 is 21.3. The first-order chi connectivity index (χ1) is 13.8.